The van der Waals surface area contributed by atoms with E-state index in [-0.39, 0.29) is 88.4 Å². The molecule has 0 spiro atoms. The fraction of sp³-hybridized carbons (Fsp3) is 0.333. The summed E-state index contributed by atoms with van der Waals surface area (Å²) in [5.41, 5.74) is -0.539. The zero-order chi connectivity index (χ0) is 96.2. The number of hydrogen-bond acceptors (Lipinski definition) is 36. The Morgan fingerprint density at radius 2 is 0.818 bits per heavy atom. The van der Waals surface area contributed by atoms with Crippen LogP contribution in [0.5, 0.6) is 28.7 Å². The number of pyridine rings is 4. The molecule has 10 heterocycles. The third-order valence-corrected chi connectivity index (χ3v) is 39.0. The molecule has 7 fully saturated rings. The second-order valence-corrected chi connectivity index (χ2v) is 47.3. The van der Waals surface area contributed by atoms with Crippen LogP contribution < -0.4 is 23.7 Å². The average Bonchev–Trinajstić information content (AvgIpc) is 0.846. The highest BCUT2D eigenvalue weighted by atomic mass is 35.5. The number of likely N-dealkylation sites (tertiary alicyclic amines) is 2. The van der Waals surface area contributed by atoms with E-state index in [1.807, 2.05) is 0 Å². The van der Waals surface area contributed by atoms with Gasteiger partial charge in [0, 0.05) is 125 Å². The summed E-state index contributed by atoms with van der Waals surface area (Å²) in [5.74, 6) is -5.16. The van der Waals surface area contributed by atoms with E-state index in [0.717, 1.165) is 47.8 Å². The van der Waals surface area contributed by atoms with Crippen molar-refractivity contribution in [1.82, 2.24) is 29.7 Å². The van der Waals surface area contributed by atoms with E-state index < -0.39 is 202 Å². The summed E-state index contributed by atoms with van der Waals surface area (Å²) in [5, 5.41) is 29.7. The van der Waals surface area contributed by atoms with E-state index in [0.29, 0.717) is 37.8 Å². The zero-order valence-electron chi connectivity index (χ0n) is 68.1. The number of nitrogens with zero attached hydrogens (tertiary/aromatic N) is 6. The number of ether oxygens (including phenoxy) is 6. The number of amides is 4. The maximum absolute atomic E-state index is 14.7. The molecule has 12 N–H and O–H groups in total. The SMILES string of the molecule is CC(=O)Oc1ccccc1C1OP(=O)(O)C(O)(Cc2cccnc2)P(=O)(O)O1.COc1ccc(OC(=O)OC2CCCC2)c(C2OP(=O)(O)C(O)(Cc3cccnc3)P(=O)(O)O2)c1.O=C1CCCN1C(=O)Oc1c(F)cc(C2OP(=O)(O)C(O)(Cc3cccnc3)P(=O)(O)O2)cc1Cl.O=C1CCCN1C(=O)Oc1ccc(C2OP(=O)(O)C(O)(Cc3cccnc3)P(=O)(O)O2)c(F)c1. The molecule has 4 aromatic heterocycles. The van der Waals surface area contributed by atoms with Gasteiger partial charge in [0.15, 0.2) is 11.6 Å². The summed E-state index contributed by atoms with van der Waals surface area (Å²) in [7, 11) is -40.6. The van der Waals surface area contributed by atoms with Crippen LogP contribution in [0.1, 0.15) is 128 Å². The van der Waals surface area contributed by atoms with Gasteiger partial charge in [0.25, 0.3) is 20.3 Å². The fourth-order valence-electron chi connectivity index (χ4n) is 13.5. The second-order valence-electron chi connectivity index (χ2n) is 29.5. The van der Waals surface area contributed by atoms with Crippen molar-refractivity contribution < 1.29 is 198 Å². The molecule has 15 rings (SSSR count). The second kappa shape index (κ2) is 40.6. The monoisotopic (exact) mass is 2020 g/mol. The number of aromatic nitrogens is 4. The van der Waals surface area contributed by atoms with Gasteiger partial charge in [-0.2, -0.15) is 0 Å². The summed E-state index contributed by atoms with van der Waals surface area (Å²) >= 11 is 6.00. The van der Waals surface area contributed by atoms with Gasteiger partial charge in [0.05, 0.1) is 23.3 Å². The number of rotatable bonds is 18. The molecular formula is C75H79ClF2N6O40P8. The lowest BCUT2D eigenvalue weighted by Crippen LogP contribution is -2.38. The van der Waals surface area contributed by atoms with E-state index in [4.69, 9.17) is 76.2 Å². The van der Waals surface area contributed by atoms with Gasteiger partial charge in [-0.25, -0.2) is 33.0 Å². The normalized spacial score (nSPS) is 31.5. The van der Waals surface area contributed by atoms with Crippen LogP contribution >= 0.6 is 72.4 Å². The van der Waals surface area contributed by atoms with Crippen molar-refractivity contribution in [3.8, 4) is 28.7 Å². The minimum absolute atomic E-state index is 0.0651. The molecule has 7 aliphatic rings. The number of esters is 1. The molecule has 57 heteroatoms. The number of methoxy groups -OCH3 is 1. The van der Waals surface area contributed by atoms with Crippen LogP contribution in [-0.2, 0) is 118 Å². The molecule has 710 valence electrons. The van der Waals surface area contributed by atoms with E-state index >= 15 is 0 Å². The zero-order valence-corrected chi connectivity index (χ0v) is 76.1. The summed E-state index contributed by atoms with van der Waals surface area (Å²) < 4.78 is 203. The number of carbonyl (C=O) groups excluding carboxylic acids is 6. The molecule has 8 atom stereocenters. The molecule has 46 nitrogen and oxygen atoms in total. The topological polar surface area (TPSA) is 669 Å². The Labute approximate surface area is 749 Å². The third kappa shape index (κ3) is 22.1. The quantitative estimate of drug-likeness (QED) is 0.0164. The first-order valence-electron chi connectivity index (χ1n) is 38.6. The van der Waals surface area contributed by atoms with Crippen LogP contribution in [0, 0.1) is 11.6 Å². The minimum atomic E-state index is -5.31. The standard InChI is InChI=1S/C21H25NO11P2.C19H18ClFN2O10P2.C19H19FN2O10P2.C16H17NO9P2/c1-29-16-8-9-18(31-20(23)30-15-6-2-3-7-15)17(11-16)19-32-34(25,26)21(24,35(27,28)33-19)12-14-5-4-10-22-13-14;20-13-7-12(8-14(21)16(13)31-18(25)23-6-2-4-15(23)24)17-32-34(27,28)19(26,35(29,30)33-17)9-11-3-1-5-22-10-11;20-15-9-13(30-18(24)22-8-2-4-16(22)23)5-6-14(15)17-31-33(26,27)19(25,34(28,29)32-17)10-12-3-1-7-21-11-12;1-11(18)24-14-7-3-2-6-13(14)15-25-27(20,21)16(19,28(22,23)26-15)9-12-5-4-8-17-10-12/h4-5,8-11,13,15,19,24H,2-3,6-7,12H2,1H3,(H,25,26)(H,27,28);1,3,5,7-8,10,17,26H,2,4,6,9H2,(H,27,28)(H,29,30);1,3,5-7,9,11,17,25H,2,4,8,10H2,(H,26,27)(H,28,29);2-8,10,15,19H,9H2,1H3,(H,20,21)(H,22,23). The van der Waals surface area contributed by atoms with Crippen LogP contribution in [0.4, 0.5) is 23.2 Å². The molecule has 6 aliphatic heterocycles. The predicted octanol–water partition coefficient (Wildman–Crippen LogP) is 12.1. The van der Waals surface area contributed by atoms with Crippen molar-refractivity contribution in [2.45, 2.75) is 136 Å². The first-order chi connectivity index (χ1) is 61.9. The van der Waals surface area contributed by atoms with Crippen LogP contribution in [0.2, 0.25) is 5.02 Å². The van der Waals surface area contributed by atoms with Gasteiger partial charge in [-0.3, -0.25) is 107 Å². The van der Waals surface area contributed by atoms with Gasteiger partial charge in [0.1, 0.15) is 34.9 Å². The van der Waals surface area contributed by atoms with E-state index in [1.165, 1.54) is 148 Å². The lowest BCUT2D eigenvalue weighted by molar-refractivity contribution is -0.132. The Bertz CT molecular complexity index is 5980. The molecule has 8 aromatic rings. The summed E-state index contributed by atoms with van der Waals surface area (Å²) in [6.45, 7) is 1.40. The highest BCUT2D eigenvalue weighted by molar-refractivity contribution is 7.75. The first-order valence-corrected chi connectivity index (χ1v) is 51.6. The van der Waals surface area contributed by atoms with Gasteiger partial charge in [-0.1, -0.05) is 54.1 Å². The molecule has 0 radical (unpaired) electrons. The van der Waals surface area contributed by atoms with Crippen LogP contribution in [-0.4, -0.2) is 172 Å². The molecular weight excluding hydrogens is 1950 g/mol. The van der Waals surface area contributed by atoms with Crippen LogP contribution in [0.15, 0.2) is 171 Å². The number of benzene rings is 4. The van der Waals surface area contributed by atoms with Crippen molar-refractivity contribution in [1.29, 1.82) is 0 Å². The van der Waals surface area contributed by atoms with Crippen LogP contribution in [0.25, 0.3) is 0 Å². The van der Waals surface area contributed by atoms with Gasteiger partial charge >= 0.3 is 85.1 Å². The average molecular weight is 2030 g/mol. The van der Waals surface area contributed by atoms with Crippen molar-refractivity contribution >= 4 is 108 Å². The fourth-order valence-corrected chi connectivity index (χ4v) is 28.0. The predicted molar refractivity (Wildman–Crippen MR) is 442 cm³/mol. The number of halogens is 3. The molecule has 1 saturated carbocycles. The molecule has 4 amide bonds. The number of imide groups is 2. The maximum atomic E-state index is 14.7. The van der Waals surface area contributed by atoms with Gasteiger partial charge in [-0.15, -0.1) is 0 Å². The highest BCUT2D eigenvalue weighted by Crippen LogP contribution is 2.83. The molecule has 8 unspecified atom stereocenters. The van der Waals surface area contributed by atoms with Crippen molar-refractivity contribution in [2.24, 2.45) is 0 Å². The molecule has 0 bridgehead atoms. The highest BCUT2D eigenvalue weighted by Gasteiger charge is 2.71. The van der Waals surface area contributed by atoms with Gasteiger partial charge < -0.3 is 88.0 Å². The Balaban J connectivity index is 0.000000159. The minimum Gasteiger partial charge on any atom is -0.497 e. The summed E-state index contributed by atoms with van der Waals surface area (Å²) in [6.07, 6.45) is 0.527. The van der Waals surface area contributed by atoms with E-state index in [2.05, 4.69) is 19.9 Å². The largest absolute Gasteiger partial charge is 0.514 e. The van der Waals surface area contributed by atoms with E-state index in [1.54, 1.807) is 0 Å². The molecule has 6 saturated heterocycles. The van der Waals surface area contributed by atoms with Crippen molar-refractivity contribution in [3.63, 3.8) is 0 Å². The Hall–Kier alpha value is -8.91. The number of carbonyl (C=O) groups is 6. The van der Waals surface area contributed by atoms with E-state index in [9.17, 15) is 134 Å². The molecule has 4 aromatic carbocycles. The Morgan fingerprint density at radius 3 is 1.19 bits per heavy atom. The van der Waals surface area contributed by atoms with Gasteiger partial charge in [0.2, 0.25) is 37.0 Å². The van der Waals surface area contributed by atoms with Gasteiger partial charge in [-0.05, 0) is 134 Å². The Kier molecular flexibility index (Phi) is 31.4. The van der Waals surface area contributed by atoms with Crippen molar-refractivity contribution in [2.75, 3.05) is 20.2 Å². The number of aliphatic hydroxyl groups is 4. The molecule has 1 aliphatic carbocycles. The first kappa shape index (κ1) is 102. The number of hydrogen-bond donors (Lipinski definition) is 12. The number of para-hydroxylation sites is 1. The summed E-state index contributed by atoms with van der Waals surface area (Å²) in [6, 6.07) is 25.5. The molecule has 132 heavy (non-hydrogen) atoms. The smallest absolute Gasteiger partial charge is 0.497 e. The lowest BCUT2D eigenvalue weighted by atomic mass is 10.2. The maximum Gasteiger partial charge on any atom is 0.514 e. The third-order valence-electron chi connectivity index (χ3n) is 20.3. The Morgan fingerprint density at radius 1 is 0.439 bits per heavy atom. The van der Waals surface area contributed by atoms with Crippen molar-refractivity contribution in [3.05, 3.63) is 232 Å². The van der Waals surface area contributed by atoms with Crippen LogP contribution in [0.3, 0.4) is 0 Å². The lowest BCUT2D eigenvalue weighted by Gasteiger charge is -2.41. The summed E-state index contributed by atoms with van der Waals surface area (Å²) in [4.78, 5) is 171.